The molecule has 0 aromatic carbocycles. The summed E-state index contributed by atoms with van der Waals surface area (Å²) in [4.78, 5) is 21.3. The third-order valence-corrected chi connectivity index (χ3v) is 8.26. The fourth-order valence-corrected chi connectivity index (χ4v) is 6.45. The molecular formula is C17H16N4O3S3. The summed E-state index contributed by atoms with van der Waals surface area (Å²) in [6.45, 7) is 0.343. The van der Waals surface area contributed by atoms with Gasteiger partial charge in [0.1, 0.15) is 15.9 Å². The molecule has 1 atom stereocenters. The molecule has 7 nitrogen and oxygen atoms in total. The quantitative estimate of drug-likeness (QED) is 0.685. The molecule has 0 radical (unpaired) electrons. The lowest BCUT2D eigenvalue weighted by atomic mass is 10.2. The normalized spacial score (nSPS) is 17.9. The first-order chi connectivity index (χ1) is 13.1. The minimum absolute atomic E-state index is 0.258. The van der Waals surface area contributed by atoms with E-state index in [4.69, 9.17) is 0 Å². The van der Waals surface area contributed by atoms with Gasteiger partial charge in [-0.25, -0.2) is 13.4 Å². The maximum atomic E-state index is 12.8. The summed E-state index contributed by atoms with van der Waals surface area (Å²) in [7, 11) is -3.66. The molecule has 27 heavy (non-hydrogen) atoms. The standard InChI is InChI=1S/C17H16N4O3S3/c22-16(20-17-19-13(11-26-17)12-5-1-2-8-18-12)14-6-3-9-21(14)27(23,24)15-7-4-10-25-15/h1-2,4-5,7-8,10-11,14H,3,6,9H2,(H,19,20,22)/t14-/m1/s1. The van der Waals surface area contributed by atoms with Gasteiger partial charge in [-0.2, -0.15) is 4.31 Å². The molecule has 140 valence electrons. The Morgan fingerprint density at radius 2 is 2.07 bits per heavy atom. The predicted molar refractivity (Wildman–Crippen MR) is 105 cm³/mol. The van der Waals surface area contributed by atoms with Crippen molar-refractivity contribution in [1.82, 2.24) is 14.3 Å². The highest BCUT2D eigenvalue weighted by Crippen LogP contribution is 2.30. The molecule has 4 heterocycles. The Kier molecular flexibility index (Phi) is 5.04. The first-order valence-electron chi connectivity index (χ1n) is 8.29. The largest absolute Gasteiger partial charge is 0.301 e. The number of nitrogens with one attached hydrogen (secondary N) is 1. The summed E-state index contributed by atoms with van der Waals surface area (Å²) < 4.78 is 27.1. The Labute approximate surface area is 164 Å². The first kappa shape index (κ1) is 18.2. The summed E-state index contributed by atoms with van der Waals surface area (Å²) in [5.74, 6) is -0.352. The van der Waals surface area contributed by atoms with Crippen molar-refractivity contribution < 1.29 is 13.2 Å². The monoisotopic (exact) mass is 420 g/mol. The van der Waals surface area contributed by atoms with Gasteiger partial charge in [-0.05, 0) is 36.4 Å². The van der Waals surface area contributed by atoms with E-state index in [0.717, 1.165) is 17.0 Å². The van der Waals surface area contributed by atoms with Crippen LogP contribution in [0.25, 0.3) is 11.4 Å². The van der Waals surface area contributed by atoms with Gasteiger partial charge in [0.15, 0.2) is 5.13 Å². The summed E-state index contributed by atoms with van der Waals surface area (Å²) in [6, 6.07) is 8.06. The average molecular weight is 421 g/mol. The third kappa shape index (κ3) is 3.65. The van der Waals surface area contributed by atoms with Crippen LogP contribution in [-0.2, 0) is 14.8 Å². The van der Waals surface area contributed by atoms with Crippen LogP contribution < -0.4 is 5.32 Å². The smallest absolute Gasteiger partial charge is 0.253 e. The van der Waals surface area contributed by atoms with E-state index in [2.05, 4.69) is 15.3 Å². The zero-order chi connectivity index (χ0) is 18.9. The second-order valence-corrected chi connectivity index (χ2v) is 9.87. The van der Waals surface area contributed by atoms with Crippen molar-refractivity contribution in [2.75, 3.05) is 11.9 Å². The number of amides is 1. The van der Waals surface area contributed by atoms with E-state index in [-0.39, 0.29) is 10.1 Å². The number of carbonyl (C=O) groups is 1. The number of rotatable bonds is 5. The van der Waals surface area contributed by atoms with Crippen molar-refractivity contribution in [3.05, 3.63) is 47.3 Å². The van der Waals surface area contributed by atoms with Gasteiger partial charge in [0.2, 0.25) is 5.91 Å². The molecule has 4 rings (SSSR count). The fraction of sp³-hybridized carbons (Fsp3) is 0.235. The molecule has 1 aliphatic heterocycles. The van der Waals surface area contributed by atoms with Crippen molar-refractivity contribution in [2.45, 2.75) is 23.1 Å². The van der Waals surface area contributed by atoms with E-state index in [1.54, 1.807) is 23.7 Å². The molecule has 10 heteroatoms. The summed E-state index contributed by atoms with van der Waals surface area (Å²) >= 11 is 2.45. The van der Waals surface area contributed by atoms with Crippen molar-refractivity contribution in [1.29, 1.82) is 0 Å². The molecule has 1 amide bonds. The number of carbonyl (C=O) groups excluding carboxylic acids is 1. The lowest BCUT2D eigenvalue weighted by Crippen LogP contribution is -2.42. The molecule has 3 aromatic rings. The van der Waals surface area contributed by atoms with Crippen molar-refractivity contribution in [3.8, 4) is 11.4 Å². The minimum atomic E-state index is -3.66. The minimum Gasteiger partial charge on any atom is -0.301 e. The zero-order valence-corrected chi connectivity index (χ0v) is 16.6. The second-order valence-electron chi connectivity index (χ2n) is 5.95. The maximum absolute atomic E-state index is 12.8. The summed E-state index contributed by atoms with van der Waals surface area (Å²) in [5, 5.41) is 6.72. The number of thiophene rings is 1. The lowest BCUT2D eigenvalue weighted by Gasteiger charge is -2.22. The molecule has 0 saturated carbocycles. The maximum Gasteiger partial charge on any atom is 0.253 e. The number of hydrogen-bond donors (Lipinski definition) is 1. The third-order valence-electron chi connectivity index (χ3n) is 4.23. The van der Waals surface area contributed by atoms with Crippen molar-refractivity contribution in [3.63, 3.8) is 0 Å². The van der Waals surface area contributed by atoms with Gasteiger partial charge in [-0.1, -0.05) is 12.1 Å². The number of pyridine rings is 1. The van der Waals surface area contributed by atoms with Crippen LogP contribution in [0.1, 0.15) is 12.8 Å². The Bertz CT molecular complexity index is 1030. The number of sulfonamides is 1. The highest BCUT2D eigenvalue weighted by Gasteiger charge is 2.40. The molecule has 0 spiro atoms. The van der Waals surface area contributed by atoms with E-state index in [1.165, 1.54) is 15.6 Å². The van der Waals surface area contributed by atoms with Crippen LogP contribution in [0, 0.1) is 0 Å². The first-order valence-corrected chi connectivity index (χ1v) is 11.5. The summed E-state index contributed by atoms with van der Waals surface area (Å²) in [6.07, 6.45) is 2.83. The lowest BCUT2D eigenvalue weighted by molar-refractivity contribution is -0.119. The van der Waals surface area contributed by atoms with Crippen LogP contribution in [0.3, 0.4) is 0 Å². The van der Waals surface area contributed by atoms with Gasteiger partial charge in [0.25, 0.3) is 10.0 Å². The van der Waals surface area contributed by atoms with E-state index >= 15 is 0 Å². The van der Waals surface area contributed by atoms with Gasteiger partial charge in [-0.15, -0.1) is 22.7 Å². The fourth-order valence-electron chi connectivity index (χ4n) is 2.97. The molecule has 0 bridgehead atoms. The zero-order valence-electron chi connectivity index (χ0n) is 14.1. The number of hydrogen-bond acceptors (Lipinski definition) is 7. The van der Waals surface area contributed by atoms with Crippen molar-refractivity contribution >= 4 is 43.7 Å². The van der Waals surface area contributed by atoms with E-state index in [0.29, 0.717) is 30.2 Å². The Morgan fingerprint density at radius 1 is 1.19 bits per heavy atom. The highest BCUT2D eigenvalue weighted by molar-refractivity contribution is 7.91. The molecule has 0 unspecified atom stereocenters. The summed E-state index contributed by atoms with van der Waals surface area (Å²) in [5.41, 5.74) is 1.39. The Hall–Kier alpha value is -2.14. The van der Waals surface area contributed by atoms with Crippen LogP contribution >= 0.6 is 22.7 Å². The van der Waals surface area contributed by atoms with Crippen molar-refractivity contribution in [2.24, 2.45) is 0 Å². The highest BCUT2D eigenvalue weighted by atomic mass is 32.2. The molecule has 1 N–H and O–H groups in total. The van der Waals surface area contributed by atoms with Crippen LogP contribution in [-0.4, -0.2) is 41.2 Å². The van der Waals surface area contributed by atoms with Gasteiger partial charge < -0.3 is 5.32 Å². The Morgan fingerprint density at radius 3 is 2.81 bits per heavy atom. The number of nitrogens with zero attached hydrogens (tertiary/aromatic N) is 3. The van der Waals surface area contributed by atoms with E-state index < -0.39 is 16.1 Å². The number of anilines is 1. The molecule has 1 aliphatic rings. The van der Waals surface area contributed by atoms with Crippen LogP contribution in [0.2, 0.25) is 0 Å². The topological polar surface area (TPSA) is 92.3 Å². The van der Waals surface area contributed by atoms with Crippen LogP contribution in [0.5, 0.6) is 0 Å². The van der Waals surface area contributed by atoms with Crippen LogP contribution in [0.15, 0.2) is 51.5 Å². The SMILES string of the molecule is O=C(Nc1nc(-c2ccccn2)cs1)[C@H]1CCCN1S(=O)(=O)c1cccs1. The van der Waals surface area contributed by atoms with E-state index in [1.807, 2.05) is 23.6 Å². The molecule has 1 fully saturated rings. The molecular weight excluding hydrogens is 404 g/mol. The second kappa shape index (κ2) is 7.47. The predicted octanol–water partition coefficient (Wildman–Crippen LogP) is 3.06. The van der Waals surface area contributed by atoms with Gasteiger partial charge in [0, 0.05) is 18.1 Å². The molecule has 3 aromatic heterocycles. The number of aromatic nitrogens is 2. The molecule has 1 saturated heterocycles. The Balaban J connectivity index is 1.50. The average Bonchev–Trinajstić information content (AvgIpc) is 3.42. The number of thiazole rings is 1. The van der Waals surface area contributed by atoms with E-state index in [9.17, 15) is 13.2 Å². The van der Waals surface area contributed by atoms with Gasteiger partial charge in [-0.3, -0.25) is 9.78 Å². The molecule has 0 aliphatic carbocycles. The van der Waals surface area contributed by atoms with Crippen LogP contribution in [0.4, 0.5) is 5.13 Å². The van der Waals surface area contributed by atoms with Gasteiger partial charge in [0.05, 0.1) is 5.69 Å². The van der Waals surface area contributed by atoms with Gasteiger partial charge >= 0.3 is 0 Å².